The minimum atomic E-state index is -0.434. The standard InChI is InChI=1S/C10H21N3O2/c1-5-13(4)9(15)7-12-10(2,3)6-8(11)14/h12H,5-7H2,1-4H3,(H2,11,14). The first-order valence-corrected chi connectivity index (χ1v) is 5.06. The Kier molecular flexibility index (Phi) is 5.28. The lowest BCUT2D eigenvalue weighted by molar-refractivity contribution is -0.129. The van der Waals surface area contributed by atoms with E-state index in [1.165, 1.54) is 0 Å². The van der Waals surface area contributed by atoms with Crippen molar-refractivity contribution in [3.63, 3.8) is 0 Å². The van der Waals surface area contributed by atoms with Gasteiger partial charge >= 0.3 is 0 Å². The van der Waals surface area contributed by atoms with Crippen molar-refractivity contribution < 1.29 is 9.59 Å². The van der Waals surface area contributed by atoms with Crippen LogP contribution in [-0.4, -0.2) is 42.4 Å². The third kappa shape index (κ3) is 6.06. The van der Waals surface area contributed by atoms with E-state index in [0.717, 1.165) is 0 Å². The summed E-state index contributed by atoms with van der Waals surface area (Å²) in [6.07, 6.45) is 0.218. The van der Waals surface area contributed by atoms with Crippen LogP contribution in [0.5, 0.6) is 0 Å². The van der Waals surface area contributed by atoms with Crippen molar-refractivity contribution in [1.82, 2.24) is 10.2 Å². The normalized spacial score (nSPS) is 11.2. The Morgan fingerprint density at radius 1 is 1.40 bits per heavy atom. The van der Waals surface area contributed by atoms with Crippen LogP contribution < -0.4 is 11.1 Å². The van der Waals surface area contributed by atoms with E-state index in [2.05, 4.69) is 5.32 Å². The number of primary amides is 1. The second-order valence-corrected chi connectivity index (χ2v) is 4.29. The molecule has 0 spiro atoms. The van der Waals surface area contributed by atoms with E-state index >= 15 is 0 Å². The lowest BCUT2D eigenvalue weighted by Crippen LogP contribution is -2.47. The van der Waals surface area contributed by atoms with Crippen LogP contribution in [0.3, 0.4) is 0 Å². The van der Waals surface area contributed by atoms with Gasteiger partial charge in [0, 0.05) is 25.6 Å². The SMILES string of the molecule is CCN(C)C(=O)CNC(C)(C)CC(N)=O. The molecule has 0 rings (SSSR count). The number of likely N-dealkylation sites (N-methyl/N-ethyl adjacent to an activating group) is 1. The molecule has 0 aromatic rings. The molecule has 15 heavy (non-hydrogen) atoms. The minimum absolute atomic E-state index is 0.00930. The maximum absolute atomic E-state index is 11.5. The maximum atomic E-state index is 11.5. The second-order valence-electron chi connectivity index (χ2n) is 4.29. The van der Waals surface area contributed by atoms with Gasteiger partial charge in [-0.15, -0.1) is 0 Å². The van der Waals surface area contributed by atoms with Crippen LogP contribution in [0.1, 0.15) is 27.2 Å². The van der Waals surface area contributed by atoms with Crippen molar-refractivity contribution in [3.8, 4) is 0 Å². The molecule has 0 aliphatic carbocycles. The van der Waals surface area contributed by atoms with Gasteiger partial charge < -0.3 is 16.0 Å². The van der Waals surface area contributed by atoms with Gasteiger partial charge in [-0.1, -0.05) is 0 Å². The van der Waals surface area contributed by atoms with E-state index in [1.54, 1.807) is 11.9 Å². The number of carbonyl (C=O) groups excluding carboxylic acids is 2. The Bertz CT molecular complexity index is 239. The van der Waals surface area contributed by atoms with E-state index in [-0.39, 0.29) is 24.8 Å². The van der Waals surface area contributed by atoms with Crippen molar-refractivity contribution in [2.24, 2.45) is 5.73 Å². The fourth-order valence-electron chi connectivity index (χ4n) is 1.12. The van der Waals surface area contributed by atoms with E-state index in [9.17, 15) is 9.59 Å². The Balaban J connectivity index is 4.03. The molecule has 5 heteroatoms. The summed E-state index contributed by atoms with van der Waals surface area (Å²) in [5.74, 6) is -0.362. The molecule has 0 fully saturated rings. The number of carbonyl (C=O) groups is 2. The van der Waals surface area contributed by atoms with Gasteiger partial charge in [0.15, 0.2) is 0 Å². The molecule has 0 unspecified atom stereocenters. The van der Waals surface area contributed by atoms with E-state index in [1.807, 2.05) is 20.8 Å². The van der Waals surface area contributed by atoms with Crippen molar-refractivity contribution in [2.75, 3.05) is 20.1 Å². The highest BCUT2D eigenvalue weighted by atomic mass is 16.2. The molecule has 88 valence electrons. The fraction of sp³-hybridized carbons (Fsp3) is 0.800. The van der Waals surface area contributed by atoms with Crippen LogP contribution in [0, 0.1) is 0 Å². The largest absolute Gasteiger partial charge is 0.370 e. The summed E-state index contributed by atoms with van der Waals surface area (Å²) in [4.78, 5) is 23.8. The number of amides is 2. The molecule has 0 aromatic carbocycles. The van der Waals surface area contributed by atoms with Gasteiger partial charge in [0.1, 0.15) is 0 Å². The van der Waals surface area contributed by atoms with Gasteiger partial charge in [-0.2, -0.15) is 0 Å². The molecular weight excluding hydrogens is 194 g/mol. The number of nitrogens with two attached hydrogens (primary N) is 1. The number of rotatable bonds is 6. The minimum Gasteiger partial charge on any atom is -0.370 e. The molecule has 2 amide bonds. The van der Waals surface area contributed by atoms with Crippen molar-refractivity contribution in [2.45, 2.75) is 32.7 Å². The Morgan fingerprint density at radius 2 is 1.93 bits per heavy atom. The Labute approximate surface area is 91.0 Å². The third-order valence-corrected chi connectivity index (χ3v) is 2.23. The van der Waals surface area contributed by atoms with Gasteiger partial charge in [0.2, 0.25) is 11.8 Å². The lowest BCUT2D eigenvalue weighted by Gasteiger charge is -2.25. The average Bonchev–Trinajstić information content (AvgIpc) is 2.11. The zero-order chi connectivity index (χ0) is 12.1. The van der Waals surface area contributed by atoms with Gasteiger partial charge in [0.05, 0.1) is 6.54 Å². The maximum Gasteiger partial charge on any atom is 0.236 e. The zero-order valence-corrected chi connectivity index (χ0v) is 9.96. The highest BCUT2D eigenvalue weighted by Crippen LogP contribution is 2.06. The van der Waals surface area contributed by atoms with E-state index < -0.39 is 5.54 Å². The predicted molar refractivity (Wildman–Crippen MR) is 59.2 cm³/mol. The van der Waals surface area contributed by atoms with Crippen LogP contribution in [0.2, 0.25) is 0 Å². The summed E-state index contributed by atoms with van der Waals surface area (Å²) in [6.45, 7) is 6.50. The molecule has 3 N–H and O–H groups in total. The number of nitrogens with zero attached hydrogens (tertiary/aromatic N) is 1. The molecular formula is C10H21N3O2. The molecule has 0 radical (unpaired) electrons. The average molecular weight is 215 g/mol. The lowest BCUT2D eigenvalue weighted by atomic mass is 10.0. The smallest absolute Gasteiger partial charge is 0.236 e. The Morgan fingerprint density at radius 3 is 2.33 bits per heavy atom. The first-order valence-electron chi connectivity index (χ1n) is 5.06. The second kappa shape index (κ2) is 5.70. The van der Waals surface area contributed by atoms with Gasteiger partial charge in [-0.3, -0.25) is 9.59 Å². The van der Waals surface area contributed by atoms with Gasteiger partial charge in [0.25, 0.3) is 0 Å². The topological polar surface area (TPSA) is 75.4 Å². The first-order chi connectivity index (χ1) is 6.78. The van der Waals surface area contributed by atoms with Crippen molar-refractivity contribution >= 4 is 11.8 Å². The quantitative estimate of drug-likeness (QED) is 0.639. The summed E-state index contributed by atoms with van der Waals surface area (Å²) < 4.78 is 0. The number of nitrogens with one attached hydrogen (secondary N) is 1. The summed E-state index contributed by atoms with van der Waals surface area (Å²) >= 11 is 0. The fourth-order valence-corrected chi connectivity index (χ4v) is 1.12. The van der Waals surface area contributed by atoms with Crippen LogP contribution in [0.4, 0.5) is 0 Å². The van der Waals surface area contributed by atoms with Crippen LogP contribution >= 0.6 is 0 Å². The highest BCUT2D eigenvalue weighted by molar-refractivity contribution is 5.78. The molecule has 0 heterocycles. The van der Waals surface area contributed by atoms with Gasteiger partial charge in [-0.25, -0.2) is 0 Å². The molecule has 0 saturated heterocycles. The van der Waals surface area contributed by atoms with E-state index in [4.69, 9.17) is 5.73 Å². The highest BCUT2D eigenvalue weighted by Gasteiger charge is 2.21. The summed E-state index contributed by atoms with van der Waals surface area (Å²) in [5, 5.41) is 3.01. The molecule has 0 atom stereocenters. The van der Waals surface area contributed by atoms with E-state index in [0.29, 0.717) is 6.54 Å². The van der Waals surface area contributed by atoms with Crippen LogP contribution in [0.25, 0.3) is 0 Å². The summed E-state index contributed by atoms with van der Waals surface area (Å²) in [7, 11) is 1.74. The summed E-state index contributed by atoms with van der Waals surface area (Å²) in [6, 6.07) is 0. The third-order valence-electron chi connectivity index (χ3n) is 2.23. The van der Waals surface area contributed by atoms with Crippen LogP contribution in [-0.2, 0) is 9.59 Å². The molecule has 0 aromatic heterocycles. The van der Waals surface area contributed by atoms with Crippen molar-refractivity contribution in [1.29, 1.82) is 0 Å². The molecule has 0 bridgehead atoms. The predicted octanol–water partition coefficient (Wildman–Crippen LogP) is -0.292. The molecule has 5 nitrogen and oxygen atoms in total. The Hall–Kier alpha value is -1.10. The van der Waals surface area contributed by atoms with Crippen LogP contribution in [0.15, 0.2) is 0 Å². The molecule has 0 saturated carbocycles. The van der Waals surface area contributed by atoms with Gasteiger partial charge in [-0.05, 0) is 20.8 Å². The number of hydrogen-bond donors (Lipinski definition) is 2. The first kappa shape index (κ1) is 13.9. The number of hydrogen-bond acceptors (Lipinski definition) is 3. The molecule has 0 aliphatic heterocycles. The van der Waals surface area contributed by atoms with Crippen molar-refractivity contribution in [3.05, 3.63) is 0 Å². The monoisotopic (exact) mass is 215 g/mol. The zero-order valence-electron chi connectivity index (χ0n) is 9.96. The summed E-state index contributed by atoms with van der Waals surface area (Å²) in [5.41, 5.74) is 4.66. The molecule has 0 aliphatic rings.